The minimum absolute atomic E-state index is 0.0484. The fourth-order valence-corrected chi connectivity index (χ4v) is 4.92. The second-order valence-electron chi connectivity index (χ2n) is 8.20. The fourth-order valence-electron chi connectivity index (χ4n) is 4.00. The van der Waals surface area contributed by atoms with Crippen molar-refractivity contribution in [2.24, 2.45) is 0 Å². The highest BCUT2D eigenvalue weighted by atomic mass is 32.2. The zero-order valence-corrected chi connectivity index (χ0v) is 20.6. The van der Waals surface area contributed by atoms with Gasteiger partial charge in [-0.15, -0.1) is 0 Å². The van der Waals surface area contributed by atoms with E-state index in [-0.39, 0.29) is 17.3 Å². The lowest BCUT2D eigenvalue weighted by Crippen LogP contribution is -2.30. The van der Waals surface area contributed by atoms with Crippen LogP contribution in [0.5, 0.6) is 11.5 Å². The average molecular weight is 482 g/mol. The molecule has 0 aliphatic carbocycles. The van der Waals surface area contributed by atoms with Crippen LogP contribution >= 0.6 is 11.8 Å². The molecule has 1 aliphatic heterocycles. The van der Waals surface area contributed by atoms with Crippen LogP contribution in [-0.4, -0.2) is 47.6 Å². The highest BCUT2D eigenvalue weighted by Gasteiger charge is 2.23. The first-order valence-electron chi connectivity index (χ1n) is 11.5. The quantitative estimate of drug-likeness (QED) is 0.429. The zero-order valence-electron chi connectivity index (χ0n) is 19.8. The summed E-state index contributed by atoms with van der Waals surface area (Å²) < 4.78 is 18.7. The molecule has 0 saturated carbocycles. The summed E-state index contributed by atoms with van der Waals surface area (Å²) in [5, 5.41) is 3.53. The van der Waals surface area contributed by atoms with Crippen molar-refractivity contribution in [1.29, 1.82) is 0 Å². The Balaban J connectivity index is 1.45. The molecule has 3 aromatic rings. The number of rotatable bonds is 10. The number of carbonyl (C=O) groups is 1. The van der Waals surface area contributed by atoms with Gasteiger partial charge in [0.1, 0.15) is 0 Å². The number of hydrogen-bond acceptors (Lipinski definition) is 6. The molecule has 1 saturated heterocycles. The van der Waals surface area contributed by atoms with Crippen LogP contribution in [0.1, 0.15) is 25.3 Å². The number of hydrogen-bond donors (Lipinski definition) is 1. The van der Waals surface area contributed by atoms with Crippen molar-refractivity contribution in [2.75, 3.05) is 20.8 Å². The van der Waals surface area contributed by atoms with Gasteiger partial charge in [0.2, 0.25) is 5.91 Å². The van der Waals surface area contributed by atoms with Gasteiger partial charge in [0.25, 0.3) is 0 Å². The third-order valence-corrected chi connectivity index (χ3v) is 6.97. The van der Waals surface area contributed by atoms with Gasteiger partial charge in [-0.05, 0) is 43.0 Å². The van der Waals surface area contributed by atoms with Crippen LogP contribution in [-0.2, 0) is 22.6 Å². The summed E-state index contributed by atoms with van der Waals surface area (Å²) in [6.07, 6.45) is 4.18. The number of ether oxygens (including phenoxy) is 3. The minimum atomic E-state index is -0.311. The second-order valence-corrected chi connectivity index (χ2v) is 9.51. The molecular formula is C26H31N3O4S. The topological polar surface area (TPSA) is 74.6 Å². The number of aromatic nitrogens is 2. The van der Waals surface area contributed by atoms with Crippen LogP contribution in [0.2, 0.25) is 0 Å². The molecule has 1 N–H and O–H groups in total. The molecule has 1 amide bonds. The molecule has 4 rings (SSSR count). The van der Waals surface area contributed by atoms with E-state index < -0.39 is 0 Å². The summed E-state index contributed by atoms with van der Waals surface area (Å²) in [6, 6.07) is 15.8. The van der Waals surface area contributed by atoms with Crippen molar-refractivity contribution in [3.63, 3.8) is 0 Å². The lowest BCUT2D eigenvalue weighted by atomic mass is 10.1. The van der Waals surface area contributed by atoms with Crippen molar-refractivity contribution < 1.29 is 19.0 Å². The van der Waals surface area contributed by atoms with Crippen LogP contribution in [0.15, 0.2) is 59.9 Å². The Morgan fingerprint density at radius 3 is 2.71 bits per heavy atom. The predicted molar refractivity (Wildman–Crippen MR) is 133 cm³/mol. The third kappa shape index (κ3) is 5.74. The highest BCUT2D eigenvalue weighted by Crippen LogP contribution is 2.31. The van der Waals surface area contributed by atoms with Crippen LogP contribution in [0.3, 0.4) is 0 Å². The molecule has 0 spiro atoms. The standard InChI is InChI=1S/C26H31N3O4S/c1-18(25(30)27-15-19-11-12-23(31-2)24(14-19)32-3)34-26-28-16-22(20-8-5-4-6-9-20)29(26)17-21-10-7-13-33-21/h4-6,8-9,11-12,14,16,18,21H,7,10,13,15,17H2,1-3H3,(H,27,30). The summed E-state index contributed by atoms with van der Waals surface area (Å²) in [6.45, 7) is 3.84. The summed E-state index contributed by atoms with van der Waals surface area (Å²) >= 11 is 1.47. The van der Waals surface area contributed by atoms with E-state index in [1.54, 1.807) is 14.2 Å². The molecule has 0 bridgehead atoms. The number of benzene rings is 2. The van der Waals surface area contributed by atoms with Gasteiger partial charge < -0.3 is 24.1 Å². The first-order chi connectivity index (χ1) is 16.6. The normalized spacial score (nSPS) is 16.3. The first-order valence-corrected chi connectivity index (χ1v) is 12.3. The van der Waals surface area contributed by atoms with E-state index in [2.05, 4.69) is 27.0 Å². The number of carbonyl (C=O) groups excluding carboxylic acids is 1. The maximum Gasteiger partial charge on any atom is 0.233 e. The van der Waals surface area contributed by atoms with Gasteiger partial charge in [-0.25, -0.2) is 4.98 Å². The lowest BCUT2D eigenvalue weighted by Gasteiger charge is -2.18. The fraction of sp³-hybridized carbons (Fsp3) is 0.385. The molecule has 180 valence electrons. The molecule has 1 aliphatic rings. The third-order valence-electron chi connectivity index (χ3n) is 5.86. The molecular weight excluding hydrogens is 450 g/mol. The van der Waals surface area contributed by atoms with Gasteiger partial charge in [0.15, 0.2) is 16.7 Å². The van der Waals surface area contributed by atoms with Gasteiger partial charge >= 0.3 is 0 Å². The molecule has 2 heterocycles. The van der Waals surface area contributed by atoms with E-state index in [0.29, 0.717) is 18.0 Å². The SMILES string of the molecule is COc1ccc(CNC(=O)C(C)Sc2ncc(-c3ccccc3)n2CC2CCCO2)cc1OC. The largest absolute Gasteiger partial charge is 0.493 e. The molecule has 0 radical (unpaired) electrons. The van der Waals surface area contributed by atoms with E-state index in [1.165, 1.54) is 11.8 Å². The summed E-state index contributed by atoms with van der Waals surface area (Å²) in [5.41, 5.74) is 3.08. The molecule has 7 nitrogen and oxygen atoms in total. The lowest BCUT2D eigenvalue weighted by molar-refractivity contribution is -0.120. The Bertz CT molecular complexity index is 1100. The second kappa shape index (κ2) is 11.4. The maximum absolute atomic E-state index is 12.9. The number of thioether (sulfide) groups is 1. The zero-order chi connectivity index (χ0) is 23.9. The van der Waals surface area contributed by atoms with Crippen molar-refractivity contribution >= 4 is 17.7 Å². The molecule has 8 heteroatoms. The molecule has 1 aromatic heterocycles. The van der Waals surface area contributed by atoms with E-state index in [9.17, 15) is 4.79 Å². The van der Waals surface area contributed by atoms with E-state index >= 15 is 0 Å². The number of methoxy groups -OCH3 is 2. The van der Waals surface area contributed by atoms with E-state index in [0.717, 1.165) is 48.0 Å². The van der Waals surface area contributed by atoms with E-state index in [1.807, 2.05) is 49.5 Å². The molecule has 2 atom stereocenters. The van der Waals surface area contributed by atoms with Crippen molar-refractivity contribution in [3.05, 3.63) is 60.3 Å². The Morgan fingerprint density at radius 1 is 1.21 bits per heavy atom. The average Bonchev–Trinajstić information content (AvgIpc) is 3.53. The summed E-state index contributed by atoms with van der Waals surface area (Å²) in [5.74, 6) is 1.25. The van der Waals surface area contributed by atoms with Gasteiger partial charge in [0, 0.05) is 13.2 Å². The summed E-state index contributed by atoms with van der Waals surface area (Å²) in [4.78, 5) is 17.6. The number of amides is 1. The Kier molecular flexibility index (Phi) is 8.13. The van der Waals surface area contributed by atoms with Gasteiger partial charge in [-0.2, -0.15) is 0 Å². The predicted octanol–water partition coefficient (Wildman–Crippen LogP) is 4.54. The molecule has 34 heavy (non-hydrogen) atoms. The highest BCUT2D eigenvalue weighted by molar-refractivity contribution is 8.00. The van der Waals surface area contributed by atoms with Gasteiger partial charge in [-0.1, -0.05) is 48.2 Å². The van der Waals surface area contributed by atoms with Crippen LogP contribution in [0.25, 0.3) is 11.3 Å². The Hall–Kier alpha value is -2.97. The summed E-state index contributed by atoms with van der Waals surface area (Å²) in [7, 11) is 3.20. The van der Waals surface area contributed by atoms with Crippen molar-refractivity contribution in [1.82, 2.24) is 14.9 Å². The number of imidazole rings is 1. The molecule has 2 unspecified atom stereocenters. The maximum atomic E-state index is 12.9. The molecule has 1 fully saturated rings. The van der Waals surface area contributed by atoms with Crippen LogP contribution in [0.4, 0.5) is 0 Å². The first kappa shape index (κ1) is 24.2. The van der Waals surface area contributed by atoms with Crippen molar-refractivity contribution in [3.8, 4) is 22.8 Å². The number of nitrogens with one attached hydrogen (secondary N) is 1. The smallest absolute Gasteiger partial charge is 0.233 e. The van der Waals surface area contributed by atoms with E-state index in [4.69, 9.17) is 14.2 Å². The monoisotopic (exact) mass is 481 g/mol. The number of nitrogens with zero attached hydrogens (tertiary/aromatic N) is 2. The van der Waals surface area contributed by atoms with Crippen LogP contribution in [0, 0.1) is 0 Å². The minimum Gasteiger partial charge on any atom is -0.493 e. The Labute approximate surface area is 204 Å². The van der Waals surface area contributed by atoms with Gasteiger partial charge in [0.05, 0.1) is 44.0 Å². The Morgan fingerprint density at radius 2 is 2.00 bits per heavy atom. The molecule has 2 aromatic carbocycles. The van der Waals surface area contributed by atoms with Crippen molar-refractivity contribution in [2.45, 2.75) is 49.4 Å². The van der Waals surface area contributed by atoms with Gasteiger partial charge in [-0.3, -0.25) is 4.79 Å². The van der Waals surface area contributed by atoms with Crippen LogP contribution < -0.4 is 14.8 Å².